The predicted octanol–water partition coefficient (Wildman–Crippen LogP) is 2.45. The molecule has 0 saturated carbocycles. The van der Waals surface area contributed by atoms with Gasteiger partial charge in [0.25, 0.3) is 0 Å². The number of amides is 1. The lowest BCUT2D eigenvalue weighted by Crippen LogP contribution is -2.40. The molecule has 0 spiro atoms. The molecule has 0 aromatic heterocycles. The van der Waals surface area contributed by atoms with E-state index in [-0.39, 0.29) is 11.7 Å². The van der Waals surface area contributed by atoms with Crippen molar-refractivity contribution in [1.82, 2.24) is 15.5 Å². The number of halogens is 1. The largest absolute Gasteiger partial charge is 0.357 e. The van der Waals surface area contributed by atoms with Gasteiger partial charge in [0.15, 0.2) is 5.96 Å². The molecule has 0 heterocycles. The van der Waals surface area contributed by atoms with Gasteiger partial charge < -0.3 is 15.5 Å². The van der Waals surface area contributed by atoms with E-state index in [1.165, 1.54) is 6.07 Å². The Labute approximate surface area is 144 Å². The Morgan fingerprint density at radius 3 is 2.50 bits per heavy atom. The van der Waals surface area contributed by atoms with Crippen LogP contribution in [0.4, 0.5) is 4.39 Å². The zero-order chi connectivity index (χ0) is 17.9. The third kappa shape index (κ3) is 6.56. The summed E-state index contributed by atoms with van der Waals surface area (Å²) in [5.41, 5.74) is 1.57. The minimum atomic E-state index is -0.206. The van der Waals surface area contributed by atoms with Gasteiger partial charge in [0.1, 0.15) is 5.82 Å². The van der Waals surface area contributed by atoms with Crippen LogP contribution in [0.2, 0.25) is 0 Å². The summed E-state index contributed by atoms with van der Waals surface area (Å²) in [6.45, 7) is 10.9. The van der Waals surface area contributed by atoms with E-state index in [1.807, 2.05) is 25.7 Å². The summed E-state index contributed by atoms with van der Waals surface area (Å²) < 4.78 is 13.3. The lowest BCUT2D eigenvalue weighted by Gasteiger charge is -2.19. The first-order chi connectivity index (χ1) is 11.5. The van der Waals surface area contributed by atoms with Gasteiger partial charge >= 0.3 is 0 Å². The second-order valence-corrected chi connectivity index (χ2v) is 5.52. The van der Waals surface area contributed by atoms with E-state index in [1.54, 1.807) is 19.1 Å². The summed E-state index contributed by atoms with van der Waals surface area (Å²) in [4.78, 5) is 18.3. The Bertz CT molecular complexity index is 556. The topological polar surface area (TPSA) is 56.7 Å². The second-order valence-electron chi connectivity index (χ2n) is 5.52. The van der Waals surface area contributed by atoms with Crippen LogP contribution in [0.15, 0.2) is 23.2 Å². The zero-order valence-corrected chi connectivity index (χ0v) is 15.2. The summed E-state index contributed by atoms with van der Waals surface area (Å²) in [5.74, 6) is 0.590. The lowest BCUT2D eigenvalue weighted by molar-refractivity contribution is -0.130. The Kier molecular flexibility index (Phi) is 8.83. The molecule has 1 aromatic carbocycles. The number of nitrogens with zero attached hydrogens (tertiary/aromatic N) is 2. The number of carbonyl (C=O) groups excluding carboxylic acids is 1. The van der Waals surface area contributed by atoms with Crippen molar-refractivity contribution in [2.45, 2.75) is 40.7 Å². The molecule has 0 fully saturated rings. The molecule has 0 saturated heterocycles. The monoisotopic (exact) mass is 336 g/mol. The molecule has 5 nitrogen and oxygen atoms in total. The maximum absolute atomic E-state index is 13.3. The van der Waals surface area contributed by atoms with Gasteiger partial charge in [0, 0.05) is 32.6 Å². The Morgan fingerprint density at radius 2 is 1.92 bits per heavy atom. The molecule has 0 aliphatic carbocycles. The van der Waals surface area contributed by atoms with Crippen LogP contribution in [-0.4, -0.2) is 42.9 Å². The number of hydrogen-bond acceptors (Lipinski definition) is 2. The van der Waals surface area contributed by atoms with Crippen molar-refractivity contribution in [3.8, 4) is 0 Å². The SMILES string of the molecule is CCNC(=NCc1ccc(F)c(C)c1)NCCC(=O)N(CC)CC. The average molecular weight is 336 g/mol. The molecule has 1 aromatic rings. The summed E-state index contributed by atoms with van der Waals surface area (Å²) >= 11 is 0. The van der Waals surface area contributed by atoms with E-state index in [0.29, 0.717) is 31.0 Å². The van der Waals surface area contributed by atoms with Crippen LogP contribution in [0, 0.1) is 12.7 Å². The van der Waals surface area contributed by atoms with E-state index < -0.39 is 0 Å². The van der Waals surface area contributed by atoms with Crippen molar-refractivity contribution in [3.05, 3.63) is 35.1 Å². The number of nitrogens with one attached hydrogen (secondary N) is 2. The van der Waals surface area contributed by atoms with Gasteiger partial charge in [0.2, 0.25) is 5.91 Å². The van der Waals surface area contributed by atoms with E-state index in [0.717, 1.165) is 25.2 Å². The fourth-order valence-electron chi connectivity index (χ4n) is 2.34. The smallest absolute Gasteiger partial charge is 0.224 e. The summed E-state index contributed by atoms with van der Waals surface area (Å²) in [5, 5.41) is 6.32. The van der Waals surface area contributed by atoms with Gasteiger partial charge in [-0.3, -0.25) is 4.79 Å². The first-order valence-corrected chi connectivity index (χ1v) is 8.56. The molecule has 2 N–H and O–H groups in total. The van der Waals surface area contributed by atoms with Crippen molar-refractivity contribution in [3.63, 3.8) is 0 Å². The van der Waals surface area contributed by atoms with Gasteiger partial charge in [-0.05, 0) is 44.9 Å². The normalized spacial score (nSPS) is 11.3. The third-order valence-electron chi connectivity index (χ3n) is 3.73. The average Bonchev–Trinajstić information content (AvgIpc) is 2.56. The first kappa shape index (κ1) is 19.9. The van der Waals surface area contributed by atoms with Crippen LogP contribution in [0.3, 0.4) is 0 Å². The maximum atomic E-state index is 13.3. The molecule has 24 heavy (non-hydrogen) atoms. The van der Waals surface area contributed by atoms with Crippen molar-refractivity contribution in [1.29, 1.82) is 0 Å². The van der Waals surface area contributed by atoms with Crippen LogP contribution in [0.25, 0.3) is 0 Å². The zero-order valence-electron chi connectivity index (χ0n) is 15.2. The maximum Gasteiger partial charge on any atom is 0.224 e. The molecule has 0 unspecified atom stereocenters. The quantitative estimate of drug-likeness (QED) is 0.566. The highest BCUT2D eigenvalue weighted by Crippen LogP contribution is 2.10. The molecule has 0 atom stereocenters. The fourth-order valence-corrected chi connectivity index (χ4v) is 2.34. The fraction of sp³-hybridized carbons (Fsp3) is 0.556. The van der Waals surface area contributed by atoms with Crippen molar-refractivity contribution in [2.75, 3.05) is 26.2 Å². The molecule has 134 valence electrons. The molecule has 0 aliphatic rings. The predicted molar refractivity (Wildman–Crippen MR) is 96.5 cm³/mol. The Hall–Kier alpha value is -2.11. The molecule has 1 rings (SSSR count). The summed E-state index contributed by atoms with van der Waals surface area (Å²) in [7, 11) is 0. The van der Waals surface area contributed by atoms with Gasteiger partial charge in [-0.25, -0.2) is 9.38 Å². The minimum Gasteiger partial charge on any atom is -0.357 e. The summed E-state index contributed by atoms with van der Waals surface area (Å²) in [6.07, 6.45) is 0.432. The number of aryl methyl sites for hydroxylation is 1. The standard InChI is InChI=1S/C18H29FN4O/c1-5-20-18(21-11-10-17(24)23(6-2)7-3)22-13-15-8-9-16(19)14(4)12-15/h8-9,12H,5-7,10-11,13H2,1-4H3,(H2,20,21,22). The van der Waals surface area contributed by atoms with Gasteiger partial charge in [0.05, 0.1) is 6.54 Å². The number of benzene rings is 1. The van der Waals surface area contributed by atoms with E-state index in [2.05, 4.69) is 15.6 Å². The third-order valence-corrected chi connectivity index (χ3v) is 3.73. The molecule has 0 bridgehead atoms. The van der Waals surface area contributed by atoms with Gasteiger partial charge in [-0.2, -0.15) is 0 Å². The van der Waals surface area contributed by atoms with Crippen LogP contribution in [-0.2, 0) is 11.3 Å². The highest BCUT2D eigenvalue weighted by atomic mass is 19.1. The van der Waals surface area contributed by atoms with Crippen molar-refractivity contribution < 1.29 is 9.18 Å². The highest BCUT2D eigenvalue weighted by Gasteiger charge is 2.09. The Balaban J connectivity index is 2.56. The number of rotatable bonds is 8. The first-order valence-electron chi connectivity index (χ1n) is 8.56. The van der Waals surface area contributed by atoms with Crippen LogP contribution in [0.1, 0.15) is 38.3 Å². The second kappa shape index (κ2) is 10.6. The molecule has 0 radical (unpaired) electrons. The number of carbonyl (C=O) groups is 1. The van der Waals surface area contributed by atoms with Gasteiger partial charge in [-0.1, -0.05) is 12.1 Å². The number of guanidine groups is 1. The van der Waals surface area contributed by atoms with E-state index in [9.17, 15) is 9.18 Å². The van der Waals surface area contributed by atoms with Crippen molar-refractivity contribution in [2.24, 2.45) is 4.99 Å². The van der Waals surface area contributed by atoms with Crippen molar-refractivity contribution >= 4 is 11.9 Å². The van der Waals surface area contributed by atoms with Gasteiger partial charge in [-0.15, -0.1) is 0 Å². The minimum absolute atomic E-state index is 0.137. The molecule has 0 aliphatic heterocycles. The van der Waals surface area contributed by atoms with Crippen LogP contribution >= 0.6 is 0 Å². The molecular weight excluding hydrogens is 307 g/mol. The summed E-state index contributed by atoms with van der Waals surface area (Å²) in [6, 6.07) is 4.99. The Morgan fingerprint density at radius 1 is 1.21 bits per heavy atom. The van der Waals surface area contributed by atoms with Crippen LogP contribution in [0.5, 0.6) is 0 Å². The van der Waals surface area contributed by atoms with E-state index in [4.69, 9.17) is 0 Å². The molecule has 6 heteroatoms. The highest BCUT2D eigenvalue weighted by molar-refractivity contribution is 5.81. The van der Waals surface area contributed by atoms with E-state index >= 15 is 0 Å². The van der Waals surface area contributed by atoms with Crippen LogP contribution < -0.4 is 10.6 Å². The number of aliphatic imine (C=N–C) groups is 1. The lowest BCUT2D eigenvalue weighted by atomic mass is 10.1. The molecule has 1 amide bonds. The number of hydrogen-bond donors (Lipinski definition) is 2. The molecular formula is C18H29FN4O.